The quantitative estimate of drug-likeness (QED) is 0.196. The van der Waals surface area contributed by atoms with Crippen LogP contribution < -0.4 is 5.73 Å². The summed E-state index contributed by atoms with van der Waals surface area (Å²) >= 11 is 0. The SMILES string of the molecule is C/C=C\C1=C(C)c2ccccc2C12c1ccccc1-c1c(CC)cccc12.C=C(C)C(N)c1ccccc1.CC.CC.c1ccccc1. The van der Waals surface area contributed by atoms with E-state index in [0.29, 0.717) is 0 Å². The Morgan fingerprint density at radius 1 is 0.667 bits per heavy atom. The zero-order valence-electron chi connectivity index (χ0n) is 30.4. The average molecular weight is 634 g/mol. The number of allylic oxidation sites excluding steroid dienone is 4. The van der Waals surface area contributed by atoms with Gasteiger partial charge in [-0.3, -0.25) is 0 Å². The van der Waals surface area contributed by atoms with Crippen molar-refractivity contribution in [2.45, 2.75) is 73.3 Å². The van der Waals surface area contributed by atoms with Crippen molar-refractivity contribution in [3.63, 3.8) is 0 Å². The second kappa shape index (κ2) is 18.6. The van der Waals surface area contributed by atoms with Crippen molar-refractivity contribution in [2.24, 2.45) is 5.73 Å². The first-order valence-corrected chi connectivity index (χ1v) is 17.6. The largest absolute Gasteiger partial charge is 0.321 e. The van der Waals surface area contributed by atoms with Crippen molar-refractivity contribution in [2.75, 3.05) is 0 Å². The summed E-state index contributed by atoms with van der Waals surface area (Å²) in [5.74, 6) is 0. The summed E-state index contributed by atoms with van der Waals surface area (Å²) in [5, 5.41) is 0. The van der Waals surface area contributed by atoms with Crippen LogP contribution >= 0.6 is 0 Å². The van der Waals surface area contributed by atoms with Crippen LogP contribution in [0.25, 0.3) is 16.7 Å². The molecule has 5 aromatic carbocycles. The van der Waals surface area contributed by atoms with Gasteiger partial charge >= 0.3 is 0 Å². The molecular formula is C47H55N. The third-order valence-electron chi connectivity index (χ3n) is 8.77. The Morgan fingerprint density at radius 2 is 1.12 bits per heavy atom. The molecule has 2 N–H and O–H groups in total. The number of fused-ring (bicyclic) bond motifs is 7. The standard InChI is InChI=1S/C27H24.C10H13N.C6H6.2C2H6/c1-4-11-22-18(3)20-13-6-8-15-23(20)27(22)24-16-9-7-14-21(24)26-19(5-2)12-10-17-25(26)27;1-8(2)10(11)9-6-4-3-5-7-9;1-2-4-6-5-3-1;2*1-2/h4,6-17H,5H2,1-3H3;3-7,10H,1,11H2,2H3;1-6H;2*1-2H3/b11-4-;;;;. The fourth-order valence-corrected chi connectivity index (χ4v) is 6.73. The molecule has 2 unspecified atom stereocenters. The van der Waals surface area contributed by atoms with Crippen molar-refractivity contribution in [1.29, 1.82) is 0 Å². The molecule has 7 rings (SSSR count). The van der Waals surface area contributed by atoms with Gasteiger partial charge in [-0.2, -0.15) is 0 Å². The minimum Gasteiger partial charge on any atom is -0.321 e. The summed E-state index contributed by atoms with van der Waals surface area (Å²) in [6.07, 6.45) is 5.58. The highest BCUT2D eigenvalue weighted by molar-refractivity contribution is 5.95. The normalized spacial score (nSPS) is 15.2. The van der Waals surface area contributed by atoms with Gasteiger partial charge in [0.1, 0.15) is 0 Å². The zero-order valence-corrected chi connectivity index (χ0v) is 30.4. The highest BCUT2D eigenvalue weighted by Gasteiger charge is 2.51. The molecule has 0 heterocycles. The van der Waals surface area contributed by atoms with Gasteiger partial charge in [0.25, 0.3) is 0 Å². The van der Waals surface area contributed by atoms with Crippen LogP contribution in [0.5, 0.6) is 0 Å². The number of hydrogen-bond acceptors (Lipinski definition) is 1. The summed E-state index contributed by atoms with van der Waals surface area (Å²) in [4.78, 5) is 0. The lowest BCUT2D eigenvalue weighted by Crippen LogP contribution is -2.26. The summed E-state index contributed by atoms with van der Waals surface area (Å²) in [6, 6.07) is 46.9. The molecule has 0 radical (unpaired) electrons. The van der Waals surface area contributed by atoms with Gasteiger partial charge in [-0.1, -0.05) is 192 Å². The lowest BCUT2D eigenvalue weighted by atomic mass is 9.69. The predicted octanol–water partition coefficient (Wildman–Crippen LogP) is 12.9. The van der Waals surface area contributed by atoms with Gasteiger partial charge in [0, 0.05) is 0 Å². The molecule has 0 saturated carbocycles. The van der Waals surface area contributed by atoms with Gasteiger partial charge in [-0.25, -0.2) is 0 Å². The predicted molar refractivity (Wildman–Crippen MR) is 212 cm³/mol. The molecule has 1 heteroatoms. The maximum atomic E-state index is 5.84. The van der Waals surface area contributed by atoms with E-state index < -0.39 is 0 Å². The third-order valence-corrected chi connectivity index (χ3v) is 8.77. The Morgan fingerprint density at radius 3 is 1.65 bits per heavy atom. The molecule has 0 aromatic heterocycles. The Labute approximate surface area is 291 Å². The second-order valence-electron chi connectivity index (χ2n) is 11.5. The number of benzene rings is 5. The van der Waals surface area contributed by atoms with Gasteiger partial charge in [0.15, 0.2) is 0 Å². The molecule has 248 valence electrons. The Balaban J connectivity index is 0.000000245. The van der Waals surface area contributed by atoms with Crippen LogP contribution in [-0.2, 0) is 11.8 Å². The maximum absolute atomic E-state index is 5.84. The molecule has 0 aliphatic heterocycles. The Hall–Kier alpha value is -4.72. The second-order valence-corrected chi connectivity index (χ2v) is 11.5. The van der Waals surface area contributed by atoms with Crippen LogP contribution in [0, 0.1) is 0 Å². The molecule has 1 nitrogen and oxygen atoms in total. The van der Waals surface area contributed by atoms with Crippen LogP contribution in [0.2, 0.25) is 0 Å². The number of rotatable bonds is 4. The van der Waals surface area contributed by atoms with Gasteiger partial charge in [0.2, 0.25) is 0 Å². The van der Waals surface area contributed by atoms with Crippen LogP contribution in [0.15, 0.2) is 163 Å². The molecular weight excluding hydrogens is 579 g/mol. The zero-order chi connectivity index (χ0) is 35.1. The molecule has 2 aliphatic rings. The Bertz CT molecular complexity index is 1770. The van der Waals surface area contributed by atoms with E-state index in [2.05, 4.69) is 106 Å². The smallest absolute Gasteiger partial charge is 0.0722 e. The van der Waals surface area contributed by atoms with Crippen molar-refractivity contribution < 1.29 is 0 Å². The maximum Gasteiger partial charge on any atom is 0.0722 e. The topological polar surface area (TPSA) is 26.0 Å². The highest BCUT2D eigenvalue weighted by atomic mass is 14.6. The van der Waals surface area contributed by atoms with Crippen molar-refractivity contribution in [3.05, 3.63) is 197 Å². The molecule has 48 heavy (non-hydrogen) atoms. The van der Waals surface area contributed by atoms with E-state index in [1.807, 2.05) is 101 Å². The minimum atomic E-state index is -0.190. The van der Waals surface area contributed by atoms with Crippen LogP contribution in [0.4, 0.5) is 0 Å². The number of hydrogen-bond donors (Lipinski definition) is 1. The molecule has 0 fully saturated rings. The van der Waals surface area contributed by atoms with Crippen LogP contribution in [0.3, 0.4) is 0 Å². The summed E-state index contributed by atoms with van der Waals surface area (Å²) < 4.78 is 0. The molecule has 0 amide bonds. The molecule has 5 aromatic rings. The summed E-state index contributed by atoms with van der Waals surface area (Å²) in [7, 11) is 0. The number of nitrogens with two attached hydrogens (primary N) is 1. The highest BCUT2D eigenvalue weighted by Crippen LogP contribution is 2.62. The van der Waals surface area contributed by atoms with E-state index in [0.717, 1.165) is 17.6 Å². The van der Waals surface area contributed by atoms with Gasteiger partial charge in [-0.05, 0) is 82.8 Å². The third kappa shape index (κ3) is 7.53. The van der Waals surface area contributed by atoms with Gasteiger partial charge in [-0.15, -0.1) is 0 Å². The first kappa shape index (κ1) is 37.7. The van der Waals surface area contributed by atoms with E-state index in [-0.39, 0.29) is 11.5 Å². The van der Waals surface area contributed by atoms with E-state index in [4.69, 9.17) is 5.73 Å². The molecule has 2 atom stereocenters. The first-order chi connectivity index (χ1) is 23.5. The van der Waals surface area contributed by atoms with E-state index in [9.17, 15) is 0 Å². The van der Waals surface area contributed by atoms with E-state index >= 15 is 0 Å². The van der Waals surface area contributed by atoms with E-state index in [1.54, 1.807) is 0 Å². The molecule has 0 saturated heterocycles. The summed E-state index contributed by atoms with van der Waals surface area (Å²) in [6.45, 7) is 20.4. The van der Waals surface area contributed by atoms with Crippen molar-refractivity contribution in [1.82, 2.24) is 0 Å². The van der Waals surface area contributed by atoms with Gasteiger partial charge in [0.05, 0.1) is 11.5 Å². The Kier molecular flexibility index (Phi) is 14.6. The minimum absolute atomic E-state index is 0.0174. The fourth-order valence-electron chi connectivity index (χ4n) is 6.73. The average Bonchev–Trinajstić information content (AvgIpc) is 3.60. The van der Waals surface area contributed by atoms with Gasteiger partial charge < -0.3 is 5.73 Å². The molecule has 1 spiro atoms. The molecule has 0 bridgehead atoms. The lowest BCUT2D eigenvalue weighted by molar-refractivity contribution is 0.784. The fraction of sp³-hybridized carbons (Fsp3) is 0.234. The first-order valence-electron chi connectivity index (χ1n) is 17.6. The van der Waals surface area contributed by atoms with Crippen molar-refractivity contribution in [3.8, 4) is 11.1 Å². The van der Waals surface area contributed by atoms with E-state index in [1.165, 1.54) is 50.1 Å². The van der Waals surface area contributed by atoms with Crippen LogP contribution in [0.1, 0.15) is 94.8 Å². The van der Waals surface area contributed by atoms with Crippen LogP contribution in [-0.4, -0.2) is 0 Å². The monoisotopic (exact) mass is 633 g/mol. The summed E-state index contributed by atoms with van der Waals surface area (Å²) in [5.41, 5.74) is 20.6. The van der Waals surface area contributed by atoms with Crippen molar-refractivity contribution >= 4 is 5.57 Å². The molecule has 2 aliphatic carbocycles. The lowest BCUT2D eigenvalue weighted by Gasteiger charge is -2.31. The number of aryl methyl sites for hydroxylation is 1.